The summed E-state index contributed by atoms with van der Waals surface area (Å²) in [7, 11) is 1.70. The fourth-order valence-electron chi connectivity index (χ4n) is 3.79. The van der Waals surface area contributed by atoms with E-state index in [1.165, 1.54) is 28.8 Å². The van der Waals surface area contributed by atoms with Crippen LogP contribution in [0.1, 0.15) is 36.8 Å². The molecule has 1 amide bonds. The number of allylic oxidation sites excluding steroid dienone is 1. The number of ether oxygens (including phenoxy) is 1. The van der Waals surface area contributed by atoms with E-state index in [9.17, 15) is 4.79 Å². The van der Waals surface area contributed by atoms with Gasteiger partial charge in [-0.2, -0.15) is 0 Å². The van der Waals surface area contributed by atoms with Gasteiger partial charge in [0, 0.05) is 18.8 Å². The number of methoxy groups -OCH3 is 1. The molecule has 1 fully saturated rings. The molecule has 3 aliphatic rings. The average Bonchev–Trinajstić information content (AvgIpc) is 2.54. The lowest BCUT2D eigenvalue weighted by Gasteiger charge is -2.47. The minimum absolute atomic E-state index is 0.247. The van der Waals surface area contributed by atoms with Crippen LogP contribution in [0.2, 0.25) is 0 Å². The van der Waals surface area contributed by atoms with E-state index in [0.29, 0.717) is 6.42 Å². The van der Waals surface area contributed by atoms with Crippen LogP contribution in [0.25, 0.3) is 5.57 Å². The maximum absolute atomic E-state index is 12.4. The normalized spacial score (nSPS) is 20.9. The average molecular weight is 284 g/mol. The first-order valence-electron chi connectivity index (χ1n) is 7.75. The first-order chi connectivity index (χ1) is 10.3. The van der Waals surface area contributed by atoms with Crippen molar-refractivity contribution in [1.82, 2.24) is 10.0 Å². The van der Waals surface area contributed by atoms with Crippen LogP contribution in [0.3, 0.4) is 0 Å². The summed E-state index contributed by atoms with van der Waals surface area (Å²) in [6, 6.07) is 6.24. The van der Waals surface area contributed by atoms with E-state index in [0.717, 1.165) is 38.1 Å². The molecule has 110 valence electrons. The molecule has 0 aromatic heterocycles. The quantitative estimate of drug-likeness (QED) is 0.794. The summed E-state index contributed by atoms with van der Waals surface area (Å²) >= 11 is 0. The molecule has 0 spiro atoms. The zero-order chi connectivity index (χ0) is 14.4. The third kappa shape index (κ3) is 1.93. The highest BCUT2D eigenvalue weighted by Crippen LogP contribution is 2.41. The number of carbonyl (C=O) groups is 1. The monoisotopic (exact) mass is 284 g/mol. The number of benzene rings is 1. The Kier molecular flexibility index (Phi) is 2.91. The molecular formula is C17H20N2O2. The Morgan fingerprint density at radius 3 is 2.71 bits per heavy atom. The van der Waals surface area contributed by atoms with Gasteiger partial charge in [0.1, 0.15) is 5.75 Å². The largest absolute Gasteiger partial charge is 0.497 e. The molecule has 1 saturated heterocycles. The zero-order valence-electron chi connectivity index (χ0n) is 12.4. The maximum Gasteiger partial charge on any atom is 0.245 e. The van der Waals surface area contributed by atoms with Crippen molar-refractivity contribution in [3.63, 3.8) is 0 Å². The van der Waals surface area contributed by atoms with Crippen LogP contribution in [0.4, 0.5) is 0 Å². The molecule has 0 saturated carbocycles. The summed E-state index contributed by atoms with van der Waals surface area (Å²) in [6.45, 7) is 1.86. The fourth-order valence-corrected chi connectivity index (χ4v) is 3.79. The molecule has 0 radical (unpaired) electrons. The minimum Gasteiger partial charge on any atom is -0.497 e. The molecular weight excluding hydrogens is 264 g/mol. The Labute approximate surface area is 125 Å². The van der Waals surface area contributed by atoms with Crippen LogP contribution in [-0.2, 0) is 11.2 Å². The summed E-state index contributed by atoms with van der Waals surface area (Å²) in [5.41, 5.74) is 5.16. The Hall–Kier alpha value is -1.97. The van der Waals surface area contributed by atoms with Crippen molar-refractivity contribution < 1.29 is 9.53 Å². The van der Waals surface area contributed by atoms with Gasteiger partial charge in [-0.15, -0.1) is 0 Å². The molecule has 1 aliphatic carbocycles. The fraction of sp³-hybridized carbons (Fsp3) is 0.471. The van der Waals surface area contributed by atoms with E-state index in [4.69, 9.17) is 4.74 Å². The van der Waals surface area contributed by atoms with Gasteiger partial charge < -0.3 is 4.74 Å². The Morgan fingerprint density at radius 2 is 1.90 bits per heavy atom. The number of fused-ring (bicyclic) bond motifs is 4. The molecule has 4 nitrogen and oxygen atoms in total. The van der Waals surface area contributed by atoms with Crippen LogP contribution in [-0.4, -0.2) is 36.1 Å². The van der Waals surface area contributed by atoms with Crippen molar-refractivity contribution in [2.75, 3.05) is 20.2 Å². The SMILES string of the molecule is COc1ccc2c(c1)CCC1=C2CC(=O)N2CCCCN12. The third-order valence-corrected chi connectivity index (χ3v) is 4.83. The number of aryl methyl sites for hydroxylation is 1. The van der Waals surface area contributed by atoms with E-state index in [1.54, 1.807) is 7.11 Å². The number of rotatable bonds is 1. The molecule has 4 heteroatoms. The number of hydrazine groups is 1. The van der Waals surface area contributed by atoms with Gasteiger partial charge in [-0.3, -0.25) is 14.8 Å². The van der Waals surface area contributed by atoms with Crippen LogP contribution in [0.15, 0.2) is 23.9 Å². The number of nitrogens with zero attached hydrogens (tertiary/aromatic N) is 2. The molecule has 1 aromatic rings. The molecule has 0 bridgehead atoms. The van der Waals surface area contributed by atoms with Crippen LogP contribution in [0.5, 0.6) is 5.75 Å². The lowest BCUT2D eigenvalue weighted by molar-refractivity contribution is -0.149. The smallest absolute Gasteiger partial charge is 0.245 e. The third-order valence-electron chi connectivity index (χ3n) is 4.83. The number of hydrogen-bond donors (Lipinski definition) is 0. The molecule has 0 N–H and O–H groups in total. The van der Waals surface area contributed by atoms with Gasteiger partial charge in [0.05, 0.1) is 13.5 Å². The molecule has 2 aliphatic heterocycles. The van der Waals surface area contributed by atoms with Gasteiger partial charge in [0.15, 0.2) is 0 Å². The van der Waals surface area contributed by atoms with Gasteiger partial charge in [-0.05, 0) is 54.5 Å². The van der Waals surface area contributed by atoms with Crippen molar-refractivity contribution in [2.24, 2.45) is 0 Å². The summed E-state index contributed by atoms with van der Waals surface area (Å²) in [5, 5.41) is 4.22. The summed E-state index contributed by atoms with van der Waals surface area (Å²) in [6.07, 6.45) is 4.91. The number of amides is 1. The predicted molar refractivity (Wildman–Crippen MR) is 80.5 cm³/mol. The number of carbonyl (C=O) groups excluding carboxylic acids is 1. The van der Waals surface area contributed by atoms with Gasteiger partial charge >= 0.3 is 0 Å². The van der Waals surface area contributed by atoms with E-state index in [1.807, 2.05) is 11.1 Å². The highest BCUT2D eigenvalue weighted by molar-refractivity contribution is 5.92. The predicted octanol–water partition coefficient (Wildman–Crippen LogP) is 2.60. The Balaban J connectivity index is 1.79. The van der Waals surface area contributed by atoms with Crippen LogP contribution >= 0.6 is 0 Å². The van der Waals surface area contributed by atoms with Crippen molar-refractivity contribution >= 4 is 11.5 Å². The lowest BCUT2D eigenvalue weighted by atomic mass is 9.85. The van der Waals surface area contributed by atoms with Crippen molar-refractivity contribution in [1.29, 1.82) is 0 Å². The van der Waals surface area contributed by atoms with Crippen molar-refractivity contribution in [3.05, 3.63) is 35.0 Å². The van der Waals surface area contributed by atoms with E-state index >= 15 is 0 Å². The number of hydrogen-bond acceptors (Lipinski definition) is 3. The first-order valence-corrected chi connectivity index (χ1v) is 7.75. The first kappa shape index (κ1) is 12.7. The maximum atomic E-state index is 12.4. The highest BCUT2D eigenvalue weighted by atomic mass is 16.5. The minimum atomic E-state index is 0.247. The van der Waals surface area contributed by atoms with Gasteiger partial charge in [0.25, 0.3) is 0 Å². The highest BCUT2D eigenvalue weighted by Gasteiger charge is 2.36. The molecule has 2 heterocycles. The second-order valence-electron chi connectivity index (χ2n) is 5.97. The Morgan fingerprint density at radius 1 is 1.10 bits per heavy atom. The summed E-state index contributed by atoms with van der Waals surface area (Å²) < 4.78 is 5.32. The molecule has 1 aromatic carbocycles. The van der Waals surface area contributed by atoms with Gasteiger partial charge in [-0.25, -0.2) is 0 Å². The molecule has 0 atom stereocenters. The van der Waals surface area contributed by atoms with E-state index < -0.39 is 0 Å². The summed E-state index contributed by atoms with van der Waals surface area (Å²) in [4.78, 5) is 12.4. The van der Waals surface area contributed by atoms with E-state index in [-0.39, 0.29) is 5.91 Å². The molecule has 4 rings (SSSR count). The van der Waals surface area contributed by atoms with Crippen LogP contribution in [0, 0.1) is 0 Å². The van der Waals surface area contributed by atoms with Crippen molar-refractivity contribution in [3.8, 4) is 5.75 Å². The summed E-state index contributed by atoms with van der Waals surface area (Å²) in [5.74, 6) is 1.15. The van der Waals surface area contributed by atoms with Crippen LogP contribution < -0.4 is 4.74 Å². The molecule has 21 heavy (non-hydrogen) atoms. The second kappa shape index (κ2) is 4.79. The Bertz CT molecular complexity index is 636. The van der Waals surface area contributed by atoms with Crippen molar-refractivity contribution in [2.45, 2.75) is 32.1 Å². The lowest BCUT2D eigenvalue weighted by Crippen LogP contribution is -2.52. The molecule has 0 unspecified atom stereocenters. The van der Waals surface area contributed by atoms with Gasteiger partial charge in [-0.1, -0.05) is 6.07 Å². The second-order valence-corrected chi connectivity index (χ2v) is 5.97. The van der Waals surface area contributed by atoms with Gasteiger partial charge in [0.2, 0.25) is 5.91 Å². The zero-order valence-corrected chi connectivity index (χ0v) is 12.4. The topological polar surface area (TPSA) is 32.8 Å². The standard InChI is InChI=1S/C17H20N2O2/c1-21-13-5-6-14-12(10-13)4-7-16-15(14)11-17(20)19-9-3-2-8-18(16)19/h5-6,10H,2-4,7-9,11H2,1H3. The van der Waals surface area contributed by atoms with E-state index in [2.05, 4.69) is 17.1 Å².